The molecule has 0 spiro atoms. The summed E-state index contributed by atoms with van der Waals surface area (Å²) in [6, 6.07) is 6.81. The van der Waals surface area contributed by atoms with Crippen LogP contribution in [0.3, 0.4) is 0 Å². The van der Waals surface area contributed by atoms with Gasteiger partial charge < -0.3 is 10.7 Å². The zero-order chi connectivity index (χ0) is 11.8. The highest BCUT2D eigenvalue weighted by molar-refractivity contribution is 5.78. The molecule has 2 heterocycles. The monoisotopic (exact) mass is 230 g/mol. The molecule has 17 heavy (non-hydrogen) atoms. The summed E-state index contributed by atoms with van der Waals surface area (Å²) in [5, 5.41) is 0. The van der Waals surface area contributed by atoms with E-state index in [0.29, 0.717) is 12.0 Å². The number of rotatable bonds is 2. The second-order valence-electron chi connectivity index (χ2n) is 4.94. The average molecular weight is 230 g/mol. The highest BCUT2D eigenvalue weighted by Gasteiger charge is 2.30. The minimum Gasteiger partial charge on any atom is -0.345 e. The van der Waals surface area contributed by atoms with Crippen LogP contribution in [0.5, 0.6) is 0 Å². The van der Waals surface area contributed by atoms with Gasteiger partial charge in [-0.3, -0.25) is 4.90 Å². The molecule has 0 radical (unpaired) electrons. The van der Waals surface area contributed by atoms with E-state index in [4.69, 9.17) is 5.73 Å². The van der Waals surface area contributed by atoms with Crippen LogP contribution in [0.15, 0.2) is 24.5 Å². The van der Waals surface area contributed by atoms with Crippen LogP contribution in [0.1, 0.15) is 18.0 Å². The number of hydrogen-bond acceptors (Lipinski definition) is 3. The van der Waals surface area contributed by atoms with E-state index in [-0.39, 0.29) is 0 Å². The molecule has 90 valence electrons. The van der Waals surface area contributed by atoms with Crippen LogP contribution in [0.2, 0.25) is 0 Å². The van der Waals surface area contributed by atoms with Gasteiger partial charge in [-0.2, -0.15) is 0 Å². The third-order valence-corrected chi connectivity index (χ3v) is 3.81. The molecule has 3 rings (SSSR count). The minimum absolute atomic E-state index is 0.454. The van der Waals surface area contributed by atoms with Gasteiger partial charge in [0, 0.05) is 12.6 Å². The van der Waals surface area contributed by atoms with E-state index >= 15 is 0 Å². The van der Waals surface area contributed by atoms with Crippen molar-refractivity contribution in [1.29, 1.82) is 0 Å². The average Bonchev–Trinajstić information content (AvgIpc) is 2.94. The molecule has 1 aliphatic rings. The Labute approximate surface area is 101 Å². The zero-order valence-electron chi connectivity index (χ0n) is 10.1. The minimum atomic E-state index is 0.454. The van der Waals surface area contributed by atoms with Gasteiger partial charge in [0.15, 0.2) is 0 Å². The SMILES string of the molecule is CN1CC(CN)CC1c1cccc2[nH]cnc12. The van der Waals surface area contributed by atoms with E-state index in [2.05, 4.69) is 40.1 Å². The number of H-pyrrole nitrogens is 1. The summed E-state index contributed by atoms with van der Waals surface area (Å²) >= 11 is 0. The Bertz CT molecular complexity index is 519. The first-order chi connectivity index (χ1) is 8.29. The molecule has 2 aromatic rings. The summed E-state index contributed by atoms with van der Waals surface area (Å²) in [6.07, 6.45) is 2.91. The maximum Gasteiger partial charge on any atom is 0.0932 e. The molecule has 0 aliphatic carbocycles. The van der Waals surface area contributed by atoms with E-state index < -0.39 is 0 Å². The summed E-state index contributed by atoms with van der Waals surface area (Å²) in [6.45, 7) is 1.86. The summed E-state index contributed by atoms with van der Waals surface area (Å²) < 4.78 is 0. The van der Waals surface area contributed by atoms with E-state index in [9.17, 15) is 0 Å². The smallest absolute Gasteiger partial charge is 0.0932 e. The number of aromatic amines is 1. The number of benzene rings is 1. The van der Waals surface area contributed by atoms with E-state index in [1.807, 2.05) is 0 Å². The molecular weight excluding hydrogens is 212 g/mol. The van der Waals surface area contributed by atoms with Crippen molar-refractivity contribution >= 4 is 11.0 Å². The van der Waals surface area contributed by atoms with Crippen LogP contribution >= 0.6 is 0 Å². The lowest BCUT2D eigenvalue weighted by atomic mass is 9.99. The van der Waals surface area contributed by atoms with Gasteiger partial charge in [-0.1, -0.05) is 12.1 Å². The van der Waals surface area contributed by atoms with Gasteiger partial charge in [-0.15, -0.1) is 0 Å². The first kappa shape index (κ1) is 10.7. The topological polar surface area (TPSA) is 57.9 Å². The Morgan fingerprint density at radius 3 is 3.18 bits per heavy atom. The summed E-state index contributed by atoms with van der Waals surface area (Å²) in [4.78, 5) is 9.99. The highest BCUT2D eigenvalue weighted by atomic mass is 15.2. The number of fused-ring (bicyclic) bond motifs is 1. The van der Waals surface area contributed by atoms with Gasteiger partial charge in [0.05, 0.1) is 17.4 Å². The quantitative estimate of drug-likeness (QED) is 0.822. The van der Waals surface area contributed by atoms with Crippen LogP contribution in [-0.4, -0.2) is 35.0 Å². The third-order valence-electron chi connectivity index (χ3n) is 3.81. The molecule has 4 nitrogen and oxygen atoms in total. The molecule has 4 heteroatoms. The Morgan fingerprint density at radius 1 is 1.53 bits per heavy atom. The fourth-order valence-corrected chi connectivity index (χ4v) is 2.90. The van der Waals surface area contributed by atoms with Crippen molar-refractivity contribution in [3.63, 3.8) is 0 Å². The fraction of sp³-hybridized carbons (Fsp3) is 0.462. The number of hydrogen-bond donors (Lipinski definition) is 2. The van der Waals surface area contributed by atoms with Crippen molar-refractivity contribution in [2.45, 2.75) is 12.5 Å². The number of aromatic nitrogens is 2. The van der Waals surface area contributed by atoms with E-state index in [0.717, 1.165) is 30.5 Å². The lowest BCUT2D eigenvalue weighted by Gasteiger charge is -2.19. The normalized spacial score (nSPS) is 25.8. The maximum absolute atomic E-state index is 5.78. The largest absolute Gasteiger partial charge is 0.345 e. The molecule has 1 saturated heterocycles. The lowest BCUT2D eigenvalue weighted by Crippen LogP contribution is -2.20. The molecule has 0 saturated carbocycles. The number of imidazole rings is 1. The standard InChI is InChI=1S/C13H18N4/c1-17-7-9(6-14)5-12(17)10-3-2-4-11-13(10)16-8-15-11/h2-4,8-9,12H,5-7,14H2,1H3,(H,15,16). The first-order valence-electron chi connectivity index (χ1n) is 6.12. The van der Waals surface area contributed by atoms with Crippen LogP contribution in [0.25, 0.3) is 11.0 Å². The molecule has 3 N–H and O–H groups in total. The number of likely N-dealkylation sites (tertiary alicyclic amines) is 1. The Kier molecular flexibility index (Phi) is 2.61. The summed E-state index contributed by atoms with van der Waals surface area (Å²) in [5.74, 6) is 0.610. The van der Waals surface area contributed by atoms with Crippen LogP contribution in [0, 0.1) is 5.92 Å². The predicted molar refractivity (Wildman–Crippen MR) is 68.6 cm³/mol. The zero-order valence-corrected chi connectivity index (χ0v) is 10.1. The van der Waals surface area contributed by atoms with Gasteiger partial charge in [0.2, 0.25) is 0 Å². The summed E-state index contributed by atoms with van der Waals surface area (Å²) in [7, 11) is 2.17. The van der Waals surface area contributed by atoms with Crippen LogP contribution in [0.4, 0.5) is 0 Å². The number of nitrogens with zero attached hydrogens (tertiary/aromatic N) is 2. The third kappa shape index (κ3) is 1.73. The fourth-order valence-electron chi connectivity index (χ4n) is 2.90. The molecule has 2 unspecified atom stereocenters. The summed E-state index contributed by atoms with van der Waals surface area (Å²) in [5.41, 5.74) is 9.32. The molecule has 1 aliphatic heterocycles. The maximum atomic E-state index is 5.78. The van der Waals surface area contributed by atoms with Crippen LogP contribution in [-0.2, 0) is 0 Å². The van der Waals surface area contributed by atoms with Crippen molar-refractivity contribution in [2.75, 3.05) is 20.1 Å². The first-order valence-corrected chi connectivity index (χ1v) is 6.12. The van der Waals surface area contributed by atoms with Gasteiger partial charge in [-0.25, -0.2) is 4.98 Å². The number of nitrogens with one attached hydrogen (secondary N) is 1. The molecule has 1 aromatic heterocycles. The van der Waals surface area contributed by atoms with Crippen molar-refractivity contribution < 1.29 is 0 Å². The number of para-hydroxylation sites is 1. The highest BCUT2D eigenvalue weighted by Crippen LogP contribution is 2.36. The Morgan fingerprint density at radius 2 is 2.41 bits per heavy atom. The number of nitrogens with two attached hydrogens (primary N) is 1. The van der Waals surface area contributed by atoms with Gasteiger partial charge in [0.25, 0.3) is 0 Å². The van der Waals surface area contributed by atoms with Gasteiger partial charge in [-0.05, 0) is 37.6 Å². The Hall–Kier alpha value is -1.39. The van der Waals surface area contributed by atoms with Crippen molar-refractivity contribution in [1.82, 2.24) is 14.9 Å². The van der Waals surface area contributed by atoms with Crippen molar-refractivity contribution in [3.8, 4) is 0 Å². The second-order valence-corrected chi connectivity index (χ2v) is 4.94. The lowest BCUT2D eigenvalue weighted by molar-refractivity contribution is 0.315. The molecular formula is C13H18N4. The second kappa shape index (κ2) is 4.13. The molecule has 1 fully saturated rings. The molecule has 0 bridgehead atoms. The van der Waals surface area contributed by atoms with Crippen molar-refractivity contribution in [2.24, 2.45) is 11.7 Å². The van der Waals surface area contributed by atoms with E-state index in [1.165, 1.54) is 5.56 Å². The van der Waals surface area contributed by atoms with Crippen LogP contribution < -0.4 is 5.73 Å². The van der Waals surface area contributed by atoms with Gasteiger partial charge in [0.1, 0.15) is 0 Å². The van der Waals surface area contributed by atoms with E-state index in [1.54, 1.807) is 6.33 Å². The molecule has 0 amide bonds. The molecule has 1 aromatic carbocycles. The van der Waals surface area contributed by atoms with Crippen molar-refractivity contribution in [3.05, 3.63) is 30.1 Å². The molecule has 2 atom stereocenters. The van der Waals surface area contributed by atoms with Gasteiger partial charge >= 0.3 is 0 Å². The predicted octanol–water partition coefficient (Wildman–Crippen LogP) is 1.51. The Balaban J connectivity index is 2.01.